The van der Waals surface area contributed by atoms with Crippen LogP contribution in [0, 0.1) is 6.92 Å². The van der Waals surface area contributed by atoms with E-state index in [1.54, 1.807) is 0 Å². The van der Waals surface area contributed by atoms with Crippen LogP contribution in [0.5, 0.6) is 5.88 Å². The van der Waals surface area contributed by atoms with Gasteiger partial charge in [0, 0.05) is 12.1 Å². The molecule has 0 radical (unpaired) electrons. The van der Waals surface area contributed by atoms with E-state index in [1.165, 1.54) is 6.42 Å². The van der Waals surface area contributed by atoms with E-state index in [4.69, 9.17) is 4.74 Å². The molecule has 36 heavy (non-hydrogen) atoms. The van der Waals surface area contributed by atoms with Crippen LogP contribution in [0.15, 0.2) is 53.3 Å². The lowest BCUT2D eigenvalue weighted by Gasteiger charge is -2.22. The zero-order valence-corrected chi connectivity index (χ0v) is 19.9. The van der Waals surface area contributed by atoms with Crippen LogP contribution in [0.25, 0.3) is 33.5 Å². The highest BCUT2D eigenvalue weighted by atomic mass is 16.5. The second kappa shape index (κ2) is 9.37. The number of ether oxygens (including phenoxy) is 1. The SMILES string of the molecule is Cc1nc2c(OC3CCCCC3)n[nH]c(=O)c2n1Cc1ccc(-c2ccccc2-c2nn[nH]n2)cc1. The zero-order valence-electron chi connectivity index (χ0n) is 19.9. The Morgan fingerprint density at radius 2 is 1.78 bits per heavy atom. The maximum atomic E-state index is 12.8. The van der Waals surface area contributed by atoms with Gasteiger partial charge < -0.3 is 9.30 Å². The average molecular weight is 483 g/mol. The van der Waals surface area contributed by atoms with E-state index in [0.717, 1.165) is 53.8 Å². The molecule has 0 aliphatic heterocycles. The highest BCUT2D eigenvalue weighted by molar-refractivity contribution is 5.81. The van der Waals surface area contributed by atoms with Crippen molar-refractivity contribution >= 4 is 11.0 Å². The predicted octanol–water partition coefficient (Wildman–Crippen LogP) is 4.03. The summed E-state index contributed by atoms with van der Waals surface area (Å²) in [5, 5.41) is 21.2. The van der Waals surface area contributed by atoms with Crippen LogP contribution >= 0.6 is 0 Å². The molecule has 0 unspecified atom stereocenters. The number of aromatic nitrogens is 8. The highest BCUT2D eigenvalue weighted by Gasteiger charge is 2.21. The fraction of sp³-hybridized carbons (Fsp3) is 0.308. The highest BCUT2D eigenvalue weighted by Crippen LogP contribution is 2.30. The Morgan fingerprint density at radius 3 is 2.53 bits per heavy atom. The van der Waals surface area contributed by atoms with Gasteiger partial charge in [0.1, 0.15) is 17.4 Å². The first-order chi connectivity index (χ1) is 17.7. The van der Waals surface area contributed by atoms with Crippen LogP contribution < -0.4 is 10.3 Å². The molecule has 5 aromatic rings. The van der Waals surface area contributed by atoms with E-state index in [9.17, 15) is 4.79 Å². The van der Waals surface area contributed by atoms with Crippen LogP contribution in [-0.2, 0) is 6.54 Å². The summed E-state index contributed by atoms with van der Waals surface area (Å²) >= 11 is 0. The fourth-order valence-electron chi connectivity index (χ4n) is 4.95. The van der Waals surface area contributed by atoms with Crippen molar-refractivity contribution in [2.24, 2.45) is 0 Å². The van der Waals surface area contributed by atoms with Crippen molar-refractivity contribution in [2.75, 3.05) is 0 Å². The number of imidazole rings is 1. The monoisotopic (exact) mass is 482 g/mol. The summed E-state index contributed by atoms with van der Waals surface area (Å²) < 4.78 is 8.10. The van der Waals surface area contributed by atoms with E-state index < -0.39 is 0 Å². The summed E-state index contributed by atoms with van der Waals surface area (Å²) in [7, 11) is 0. The molecule has 3 heterocycles. The lowest BCUT2D eigenvalue weighted by atomic mass is 9.98. The fourth-order valence-corrected chi connectivity index (χ4v) is 4.95. The predicted molar refractivity (Wildman–Crippen MR) is 135 cm³/mol. The van der Waals surface area contributed by atoms with Crippen molar-refractivity contribution in [3.8, 4) is 28.4 Å². The molecule has 2 aromatic carbocycles. The molecule has 182 valence electrons. The van der Waals surface area contributed by atoms with Crippen molar-refractivity contribution in [1.29, 1.82) is 0 Å². The number of tetrazole rings is 1. The number of hydrogen-bond acceptors (Lipinski definition) is 7. The van der Waals surface area contributed by atoms with Gasteiger partial charge in [0.05, 0.1) is 0 Å². The maximum absolute atomic E-state index is 12.8. The van der Waals surface area contributed by atoms with Gasteiger partial charge in [0.15, 0.2) is 5.52 Å². The molecule has 1 saturated carbocycles. The second-order valence-electron chi connectivity index (χ2n) is 9.16. The van der Waals surface area contributed by atoms with Crippen LogP contribution in [0.4, 0.5) is 0 Å². The Kier molecular flexibility index (Phi) is 5.76. The Bertz CT molecular complexity index is 1550. The topological polar surface area (TPSA) is 127 Å². The molecule has 1 aliphatic carbocycles. The Labute approximate surface area is 206 Å². The lowest BCUT2D eigenvalue weighted by molar-refractivity contribution is 0.149. The van der Waals surface area contributed by atoms with E-state index >= 15 is 0 Å². The van der Waals surface area contributed by atoms with Crippen molar-refractivity contribution in [3.63, 3.8) is 0 Å². The number of aryl methyl sites for hydroxylation is 1. The quantitative estimate of drug-likeness (QED) is 0.374. The summed E-state index contributed by atoms with van der Waals surface area (Å²) in [4.78, 5) is 17.5. The van der Waals surface area contributed by atoms with E-state index in [-0.39, 0.29) is 11.7 Å². The first-order valence-corrected chi connectivity index (χ1v) is 12.2. The molecular formula is C26H26N8O2. The molecule has 1 aliphatic rings. The lowest BCUT2D eigenvalue weighted by Crippen LogP contribution is -2.22. The molecule has 0 amide bonds. The summed E-state index contributed by atoms with van der Waals surface area (Å²) in [5.74, 6) is 1.70. The Morgan fingerprint density at radius 1 is 1.00 bits per heavy atom. The van der Waals surface area contributed by atoms with E-state index in [0.29, 0.717) is 29.3 Å². The minimum Gasteiger partial charge on any atom is -0.472 e. The smallest absolute Gasteiger partial charge is 0.290 e. The van der Waals surface area contributed by atoms with Crippen molar-refractivity contribution in [3.05, 3.63) is 70.3 Å². The van der Waals surface area contributed by atoms with Gasteiger partial charge in [0.25, 0.3) is 11.4 Å². The van der Waals surface area contributed by atoms with Gasteiger partial charge in [-0.05, 0) is 54.5 Å². The van der Waals surface area contributed by atoms with Crippen LogP contribution in [0.3, 0.4) is 0 Å². The second-order valence-corrected chi connectivity index (χ2v) is 9.16. The largest absolute Gasteiger partial charge is 0.472 e. The molecule has 3 aromatic heterocycles. The third-order valence-corrected chi connectivity index (χ3v) is 6.78. The minimum atomic E-state index is -0.271. The number of nitrogens with zero attached hydrogens (tertiary/aromatic N) is 6. The van der Waals surface area contributed by atoms with Crippen molar-refractivity contribution in [1.82, 2.24) is 40.4 Å². The molecule has 0 spiro atoms. The molecule has 0 saturated heterocycles. The molecular weight excluding hydrogens is 456 g/mol. The van der Waals surface area contributed by atoms with E-state index in [1.807, 2.05) is 35.8 Å². The third-order valence-electron chi connectivity index (χ3n) is 6.78. The molecule has 10 nitrogen and oxygen atoms in total. The summed E-state index contributed by atoms with van der Waals surface area (Å²) in [6.07, 6.45) is 5.67. The Balaban J connectivity index is 1.30. The number of nitrogens with one attached hydrogen (secondary N) is 2. The van der Waals surface area contributed by atoms with Gasteiger partial charge in [-0.15, -0.1) is 15.3 Å². The molecule has 1 fully saturated rings. The normalized spacial score (nSPS) is 14.4. The molecule has 2 N–H and O–H groups in total. The summed E-state index contributed by atoms with van der Waals surface area (Å²) in [5.41, 5.74) is 4.74. The molecule has 0 atom stereocenters. The summed E-state index contributed by atoms with van der Waals surface area (Å²) in [6, 6.07) is 16.2. The van der Waals surface area contributed by atoms with Crippen LogP contribution in [-0.4, -0.2) is 46.5 Å². The van der Waals surface area contributed by atoms with Gasteiger partial charge in [-0.1, -0.05) is 55.0 Å². The maximum Gasteiger partial charge on any atom is 0.290 e. The summed E-state index contributed by atoms with van der Waals surface area (Å²) in [6.45, 7) is 2.41. The van der Waals surface area contributed by atoms with Crippen LogP contribution in [0.1, 0.15) is 43.5 Å². The number of fused-ring (bicyclic) bond motifs is 1. The van der Waals surface area contributed by atoms with Gasteiger partial charge in [0.2, 0.25) is 5.82 Å². The number of rotatable bonds is 6. The van der Waals surface area contributed by atoms with Gasteiger partial charge in [-0.25, -0.2) is 10.1 Å². The van der Waals surface area contributed by atoms with Crippen LogP contribution in [0.2, 0.25) is 0 Å². The Hall–Kier alpha value is -4.34. The molecule has 10 heteroatoms. The minimum absolute atomic E-state index is 0.119. The zero-order chi connectivity index (χ0) is 24.5. The van der Waals surface area contributed by atoms with Crippen molar-refractivity contribution in [2.45, 2.75) is 51.7 Å². The standard InChI is InChI=1S/C26H26N8O2/c1-16-27-22-23(25(35)30-31-26(22)36-19-7-3-2-4-8-19)34(16)15-17-11-13-18(14-12-17)20-9-5-6-10-21(20)24-28-32-33-29-24/h5-6,9-14,19H,2-4,7-8,15H2,1H3,(H,30,35)(H,28,29,32,33). The molecule has 0 bridgehead atoms. The number of benzene rings is 2. The number of hydrogen-bond donors (Lipinski definition) is 2. The van der Waals surface area contributed by atoms with Gasteiger partial charge in [-0.3, -0.25) is 4.79 Å². The average Bonchev–Trinajstić information content (AvgIpc) is 3.56. The van der Waals surface area contributed by atoms with E-state index in [2.05, 4.69) is 60.1 Å². The third kappa shape index (κ3) is 4.15. The first kappa shape index (κ1) is 22.1. The number of aromatic amines is 2. The first-order valence-electron chi connectivity index (χ1n) is 12.2. The van der Waals surface area contributed by atoms with Gasteiger partial charge >= 0.3 is 0 Å². The van der Waals surface area contributed by atoms with Crippen molar-refractivity contribution < 1.29 is 4.74 Å². The number of H-pyrrole nitrogens is 2. The van der Waals surface area contributed by atoms with Gasteiger partial charge in [-0.2, -0.15) is 5.21 Å². The molecule has 6 rings (SSSR count).